The van der Waals surface area contributed by atoms with Crippen molar-refractivity contribution in [2.75, 3.05) is 10.6 Å². The number of benzene rings is 2. The molecule has 0 aliphatic carbocycles. The van der Waals surface area contributed by atoms with Crippen molar-refractivity contribution in [3.8, 4) is 28.6 Å². The first-order chi connectivity index (χ1) is 14.4. The first-order valence-electron chi connectivity index (χ1n) is 9.82. The molecular weight excluding hydrogens is 374 g/mol. The second-order valence-corrected chi connectivity index (χ2v) is 7.61. The number of hydrogen-bond donors (Lipinski definition) is 3. The molecule has 1 heterocycles. The molecule has 30 heavy (non-hydrogen) atoms. The minimum absolute atomic E-state index is 0.237. The van der Waals surface area contributed by atoms with Gasteiger partial charge in [0.25, 0.3) is 0 Å². The lowest BCUT2D eigenvalue weighted by Gasteiger charge is -2.13. The van der Waals surface area contributed by atoms with Crippen LogP contribution in [0.4, 0.5) is 17.1 Å². The van der Waals surface area contributed by atoms with E-state index < -0.39 is 0 Å². The quantitative estimate of drug-likeness (QED) is 0.423. The van der Waals surface area contributed by atoms with Crippen molar-refractivity contribution >= 4 is 17.1 Å². The highest BCUT2D eigenvalue weighted by atomic mass is 15.0. The Labute approximate surface area is 176 Å². The Morgan fingerprint density at radius 3 is 2.07 bits per heavy atom. The van der Waals surface area contributed by atoms with Gasteiger partial charge in [0.2, 0.25) is 0 Å². The molecule has 0 amide bonds. The SMILES string of the molecule is CC(C)Nc1ccc(-c2ncc(-c3ccc(NC(C)C)c(N=N)c3)cn2)cc1C#N. The zero-order chi connectivity index (χ0) is 21.7. The van der Waals surface area contributed by atoms with Crippen molar-refractivity contribution in [2.24, 2.45) is 5.11 Å². The minimum Gasteiger partial charge on any atom is -0.382 e. The van der Waals surface area contributed by atoms with Crippen LogP contribution in [0.1, 0.15) is 33.3 Å². The summed E-state index contributed by atoms with van der Waals surface area (Å²) in [5.41, 5.74) is 12.7. The maximum absolute atomic E-state index is 9.46. The van der Waals surface area contributed by atoms with Gasteiger partial charge in [0.05, 0.1) is 16.9 Å². The van der Waals surface area contributed by atoms with Crippen LogP contribution in [0, 0.1) is 16.9 Å². The smallest absolute Gasteiger partial charge is 0.159 e. The van der Waals surface area contributed by atoms with E-state index in [-0.39, 0.29) is 12.1 Å². The largest absolute Gasteiger partial charge is 0.382 e. The molecule has 0 aliphatic heterocycles. The maximum Gasteiger partial charge on any atom is 0.159 e. The van der Waals surface area contributed by atoms with E-state index in [1.165, 1.54) is 0 Å². The lowest BCUT2D eigenvalue weighted by Crippen LogP contribution is -2.10. The van der Waals surface area contributed by atoms with Crippen LogP contribution in [0.3, 0.4) is 0 Å². The summed E-state index contributed by atoms with van der Waals surface area (Å²) in [7, 11) is 0. The van der Waals surface area contributed by atoms with Gasteiger partial charge in [-0.05, 0) is 63.6 Å². The lowest BCUT2D eigenvalue weighted by molar-refractivity contribution is 0.898. The van der Waals surface area contributed by atoms with E-state index in [0.717, 1.165) is 28.1 Å². The molecular formula is C23H25N7. The topological polar surface area (TPSA) is 110 Å². The van der Waals surface area contributed by atoms with Crippen molar-refractivity contribution in [1.29, 1.82) is 10.8 Å². The van der Waals surface area contributed by atoms with Gasteiger partial charge in [-0.1, -0.05) is 6.07 Å². The van der Waals surface area contributed by atoms with Gasteiger partial charge in [0, 0.05) is 35.6 Å². The van der Waals surface area contributed by atoms with Gasteiger partial charge in [0.15, 0.2) is 5.82 Å². The third kappa shape index (κ3) is 4.78. The molecule has 0 spiro atoms. The number of aromatic nitrogens is 2. The van der Waals surface area contributed by atoms with Crippen LogP contribution in [0.15, 0.2) is 53.9 Å². The van der Waals surface area contributed by atoms with Crippen molar-refractivity contribution in [1.82, 2.24) is 9.97 Å². The maximum atomic E-state index is 9.46. The predicted octanol–water partition coefficient (Wildman–Crippen LogP) is 5.99. The Kier molecular flexibility index (Phi) is 6.38. The fraction of sp³-hybridized carbons (Fsp3) is 0.261. The van der Waals surface area contributed by atoms with Crippen LogP contribution >= 0.6 is 0 Å². The van der Waals surface area contributed by atoms with Crippen LogP contribution in [-0.4, -0.2) is 22.1 Å². The summed E-state index contributed by atoms with van der Waals surface area (Å²) in [6, 6.07) is 14.0. The molecule has 152 valence electrons. The van der Waals surface area contributed by atoms with Crippen LogP contribution in [-0.2, 0) is 0 Å². The second kappa shape index (κ2) is 9.14. The Hall–Kier alpha value is -3.79. The van der Waals surface area contributed by atoms with E-state index in [1.54, 1.807) is 18.5 Å². The Morgan fingerprint density at radius 2 is 1.47 bits per heavy atom. The van der Waals surface area contributed by atoms with Crippen LogP contribution in [0.25, 0.3) is 22.5 Å². The van der Waals surface area contributed by atoms with E-state index >= 15 is 0 Å². The summed E-state index contributed by atoms with van der Waals surface area (Å²) < 4.78 is 0. The number of nitrogens with zero attached hydrogens (tertiary/aromatic N) is 4. The van der Waals surface area contributed by atoms with E-state index in [0.29, 0.717) is 17.1 Å². The zero-order valence-electron chi connectivity index (χ0n) is 17.6. The average molecular weight is 400 g/mol. The van der Waals surface area contributed by atoms with E-state index in [2.05, 4.69) is 31.8 Å². The van der Waals surface area contributed by atoms with Crippen molar-refractivity contribution < 1.29 is 0 Å². The highest BCUT2D eigenvalue weighted by Crippen LogP contribution is 2.31. The van der Waals surface area contributed by atoms with Crippen LogP contribution in [0.2, 0.25) is 0 Å². The molecule has 1 aromatic heterocycles. The predicted molar refractivity (Wildman–Crippen MR) is 120 cm³/mol. The summed E-state index contributed by atoms with van der Waals surface area (Å²) >= 11 is 0. The number of hydrogen-bond acceptors (Lipinski definition) is 7. The molecule has 0 unspecified atom stereocenters. The van der Waals surface area contributed by atoms with Gasteiger partial charge in [-0.2, -0.15) is 10.4 Å². The average Bonchev–Trinajstić information content (AvgIpc) is 2.73. The third-order valence-electron chi connectivity index (χ3n) is 4.39. The van der Waals surface area contributed by atoms with Crippen LogP contribution < -0.4 is 10.6 Å². The van der Waals surface area contributed by atoms with Gasteiger partial charge >= 0.3 is 0 Å². The lowest BCUT2D eigenvalue weighted by atomic mass is 10.1. The summed E-state index contributed by atoms with van der Waals surface area (Å²) in [4.78, 5) is 8.97. The first kappa shape index (κ1) is 20.9. The van der Waals surface area contributed by atoms with Gasteiger partial charge < -0.3 is 10.6 Å². The highest BCUT2D eigenvalue weighted by molar-refractivity contribution is 5.75. The molecule has 0 saturated heterocycles. The summed E-state index contributed by atoms with van der Waals surface area (Å²) in [5, 5.41) is 19.6. The van der Waals surface area contributed by atoms with Crippen LogP contribution in [0.5, 0.6) is 0 Å². The molecule has 0 saturated carbocycles. The minimum atomic E-state index is 0.237. The van der Waals surface area contributed by atoms with Gasteiger partial charge in [-0.3, -0.25) is 0 Å². The molecule has 0 fully saturated rings. The second-order valence-electron chi connectivity index (χ2n) is 7.61. The van der Waals surface area contributed by atoms with E-state index in [4.69, 9.17) is 5.53 Å². The Morgan fingerprint density at radius 1 is 0.867 bits per heavy atom. The molecule has 3 rings (SSSR count). The molecule has 3 N–H and O–H groups in total. The normalized spacial score (nSPS) is 10.7. The first-order valence-corrected chi connectivity index (χ1v) is 9.82. The number of nitriles is 1. The van der Waals surface area contributed by atoms with Gasteiger partial charge in [-0.15, -0.1) is 0 Å². The Balaban J connectivity index is 1.88. The molecule has 7 nitrogen and oxygen atoms in total. The van der Waals surface area contributed by atoms with Gasteiger partial charge in [-0.25, -0.2) is 15.5 Å². The van der Waals surface area contributed by atoms with Crippen molar-refractivity contribution in [3.05, 3.63) is 54.4 Å². The summed E-state index contributed by atoms with van der Waals surface area (Å²) in [6.45, 7) is 8.14. The molecule has 0 radical (unpaired) electrons. The number of rotatable bonds is 7. The number of nitrogens with one attached hydrogen (secondary N) is 3. The molecule has 3 aromatic rings. The van der Waals surface area contributed by atoms with Gasteiger partial charge in [0.1, 0.15) is 11.8 Å². The molecule has 2 aromatic carbocycles. The number of anilines is 2. The summed E-state index contributed by atoms with van der Waals surface area (Å²) in [5.74, 6) is 0.551. The monoisotopic (exact) mass is 399 g/mol. The van der Waals surface area contributed by atoms with Crippen molar-refractivity contribution in [2.45, 2.75) is 39.8 Å². The Bertz CT molecular complexity index is 1080. The molecule has 7 heteroatoms. The third-order valence-corrected chi connectivity index (χ3v) is 4.39. The fourth-order valence-electron chi connectivity index (χ4n) is 3.08. The zero-order valence-corrected chi connectivity index (χ0v) is 17.6. The fourth-order valence-corrected chi connectivity index (χ4v) is 3.08. The molecule has 0 bridgehead atoms. The van der Waals surface area contributed by atoms with E-state index in [9.17, 15) is 5.26 Å². The molecule has 0 atom stereocenters. The van der Waals surface area contributed by atoms with Crippen molar-refractivity contribution in [3.63, 3.8) is 0 Å². The summed E-state index contributed by atoms with van der Waals surface area (Å²) in [6.07, 6.45) is 3.49. The highest BCUT2D eigenvalue weighted by Gasteiger charge is 2.10. The van der Waals surface area contributed by atoms with E-state index in [1.807, 2.05) is 58.0 Å². The molecule has 0 aliphatic rings. The standard InChI is InChI=1S/C23H25N7/c1-14(2)28-20-7-6-17(9-18(20)11-24)23-26-12-19(13-27-23)16-5-8-21(29-15(3)4)22(10-16)30-25/h5-10,12-15,25,28-29H,1-4H3.